The number of hydrogen-bond donors (Lipinski definition) is 3. The van der Waals surface area contributed by atoms with Gasteiger partial charge < -0.3 is 15.1 Å². The predicted octanol–water partition coefficient (Wildman–Crippen LogP) is 0.645. The van der Waals surface area contributed by atoms with E-state index in [1.165, 1.54) is 0 Å². The van der Waals surface area contributed by atoms with E-state index in [1.54, 1.807) is 6.20 Å². The first-order valence-corrected chi connectivity index (χ1v) is 7.78. The third-order valence-corrected chi connectivity index (χ3v) is 5.35. The van der Waals surface area contributed by atoms with Gasteiger partial charge in [0, 0.05) is 30.8 Å². The summed E-state index contributed by atoms with van der Waals surface area (Å²) < 4.78 is 0. The highest BCUT2D eigenvalue weighted by Crippen LogP contribution is 2.44. The molecule has 0 bridgehead atoms. The summed E-state index contributed by atoms with van der Waals surface area (Å²) in [6.45, 7) is 3.36. The number of rotatable bonds is 3. The lowest BCUT2D eigenvalue weighted by molar-refractivity contribution is -0.130. The van der Waals surface area contributed by atoms with Gasteiger partial charge in [-0.1, -0.05) is 13.3 Å². The molecule has 3 atom stereocenters. The van der Waals surface area contributed by atoms with Crippen molar-refractivity contribution < 1.29 is 9.90 Å². The number of nitrogens with zero attached hydrogens (tertiary/aromatic N) is 1. The molecule has 3 rings (SSSR count). The summed E-state index contributed by atoms with van der Waals surface area (Å²) in [6.07, 6.45) is 5.37. The van der Waals surface area contributed by atoms with Crippen LogP contribution in [-0.2, 0) is 11.2 Å². The van der Waals surface area contributed by atoms with Crippen LogP contribution in [0.1, 0.15) is 38.2 Å². The van der Waals surface area contributed by atoms with Crippen LogP contribution in [-0.4, -0.2) is 44.8 Å². The van der Waals surface area contributed by atoms with Crippen molar-refractivity contribution in [3.63, 3.8) is 0 Å². The molecule has 2 heterocycles. The lowest BCUT2D eigenvalue weighted by Gasteiger charge is -2.40. The van der Waals surface area contributed by atoms with Gasteiger partial charge in [-0.3, -0.25) is 14.7 Å². The van der Waals surface area contributed by atoms with Gasteiger partial charge in [-0.15, -0.1) is 0 Å². The summed E-state index contributed by atoms with van der Waals surface area (Å²) in [6, 6.07) is 0. The average molecular weight is 293 g/mol. The van der Waals surface area contributed by atoms with Crippen molar-refractivity contribution in [2.75, 3.05) is 13.1 Å². The van der Waals surface area contributed by atoms with E-state index in [0.717, 1.165) is 25.7 Å². The van der Waals surface area contributed by atoms with Gasteiger partial charge in [0.05, 0.1) is 12.0 Å². The molecule has 2 fully saturated rings. The van der Waals surface area contributed by atoms with E-state index in [1.807, 2.05) is 11.8 Å². The van der Waals surface area contributed by atoms with Crippen molar-refractivity contribution in [3.05, 3.63) is 22.1 Å². The number of carbonyl (C=O) groups is 1. The second-order valence-electron chi connectivity index (χ2n) is 6.46. The van der Waals surface area contributed by atoms with Gasteiger partial charge in [0.1, 0.15) is 0 Å². The first kappa shape index (κ1) is 14.4. The minimum Gasteiger partial charge on any atom is -0.390 e. The Morgan fingerprint density at radius 2 is 2.33 bits per heavy atom. The largest absolute Gasteiger partial charge is 0.390 e. The van der Waals surface area contributed by atoms with Crippen molar-refractivity contribution in [2.45, 2.75) is 44.6 Å². The molecule has 2 aliphatic rings. The van der Waals surface area contributed by atoms with Crippen molar-refractivity contribution in [3.8, 4) is 0 Å². The van der Waals surface area contributed by atoms with E-state index in [9.17, 15) is 14.7 Å². The summed E-state index contributed by atoms with van der Waals surface area (Å²) in [4.78, 5) is 25.7. The molecule has 116 valence electrons. The number of hydrogen-bond acceptors (Lipinski definition) is 3. The van der Waals surface area contributed by atoms with Crippen LogP contribution in [0, 0.1) is 11.8 Å². The molecule has 1 saturated heterocycles. The van der Waals surface area contributed by atoms with Crippen LogP contribution in [0.5, 0.6) is 0 Å². The van der Waals surface area contributed by atoms with Crippen LogP contribution in [0.3, 0.4) is 0 Å². The number of aromatic amines is 2. The number of amides is 1. The van der Waals surface area contributed by atoms with E-state index >= 15 is 0 Å². The number of aromatic nitrogens is 2. The summed E-state index contributed by atoms with van der Waals surface area (Å²) in [5, 5.41) is 15.8. The fourth-order valence-corrected chi connectivity index (χ4v) is 4.01. The first-order valence-electron chi connectivity index (χ1n) is 7.78. The van der Waals surface area contributed by atoms with Crippen LogP contribution in [0.4, 0.5) is 0 Å². The summed E-state index contributed by atoms with van der Waals surface area (Å²) in [5.41, 5.74) is -0.380. The summed E-state index contributed by atoms with van der Waals surface area (Å²) in [7, 11) is 0. The van der Waals surface area contributed by atoms with E-state index in [2.05, 4.69) is 10.2 Å². The maximum atomic E-state index is 12.4. The fourth-order valence-electron chi connectivity index (χ4n) is 4.01. The molecule has 1 amide bonds. The highest BCUT2D eigenvalue weighted by Gasteiger charge is 2.48. The smallest absolute Gasteiger partial charge is 0.267 e. The fraction of sp³-hybridized carbons (Fsp3) is 0.733. The Hall–Kier alpha value is -1.56. The highest BCUT2D eigenvalue weighted by atomic mass is 16.3. The summed E-state index contributed by atoms with van der Waals surface area (Å²) in [5.74, 6) is 0.565. The maximum Gasteiger partial charge on any atom is 0.267 e. The highest BCUT2D eigenvalue weighted by molar-refractivity contribution is 5.79. The van der Waals surface area contributed by atoms with Crippen LogP contribution in [0.2, 0.25) is 0 Å². The molecule has 0 unspecified atom stereocenters. The predicted molar refractivity (Wildman–Crippen MR) is 77.8 cm³/mol. The minimum absolute atomic E-state index is 0.0204. The van der Waals surface area contributed by atoms with Gasteiger partial charge in [-0.2, -0.15) is 0 Å². The van der Waals surface area contributed by atoms with Gasteiger partial charge in [-0.25, -0.2) is 0 Å². The van der Waals surface area contributed by atoms with Gasteiger partial charge in [-0.05, 0) is 25.2 Å². The molecule has 6 heteroatoms. The second kappa shape index (κ2) is 5.33. The van der Waals surface area contributed by atoms with E-state index < -0.39 is 5.60 Å². The molecule has 0 spiro atoms. The Labute approximate surface area is 123 Å². The van der Waals surface area contributed by atoms with Gasteiger partial charge in [0.25, 0.3) is 5.56 Å². The molecule has 21 heavy (non-hydrogen) atoms. The Morgan fingerprint density at radius 1 is 1.52 bits per heavy atom. The Kier molecular flexibility index (Phi) is 3.65. The third kappa shape index (κ3) is 2.52. The Morgan fingerprint density at radius 3 is 3.00 bits per heavy atom. The molecule has 1 aromatic heterocycles. The topological polar surface area (TPSA) is 89.2 Å². The standard InChI is InChI=1S/C15H23N3O3/c1-2-15(21)5-3-4-10-8-18(9-12(10)15)13(19)6-11-7-16-17-14(11)20/h7,10,12,21H,2-6,8-9H2,1H3,(H2,16,17,20)/t10-,12+,15-/m0/s1. The first-order chi connectivity index (χ1) is 10.0. The van der Waals surface area contributed by atoms with Crippen LogP contribution in [0.25, 0.3) is 0 Å². The number of nitrogens with one attached hydrogen (secondary N) is 2. The molecular formula is C15H23N3O3. The van der Waals surface area contributed by atoms with Crippen molar-refractivity contribution in [2.24, 2.45) is 11.8 Å². The zero-order chi connectivity index (χ0) is 15.0. The zero-order valence-electron chi connectivity index (χ0n) is 12.4. The number of aliphatic hydroxyl groups is 1. The normalized spacial score (nSPS) is 32.2. The van der Waals surface area contributed by atoms with Gasteiger partial charge in [0.2, 0.25) is 5.91 Å². The van der Waals surface area contributed by atoms with Gasteiger partial charge in [0.15, 0.2) is 0 Å². The zero-order valence-corrected chi connectivity index (χ0v) is 12.4. The quantitative estimate of drug-likeness (QED) is 0.764. The Bertz CT molecular complexity index is 579. The minimum atomic E-state index is -0.622. The molecule has 6 nitrogen and oxygen atoms in total. The molecule has 1 saturated carbocycles. The molecule has 0 radical (unpaired) electrons. The second-order valence-corrected chi connectivity index (χ2v) is 6.46. The van der Waals surface area contributed by atoms with E-state index in [-0.39, 0.29) is 23.8 Å². The molecule has 1 aliphatic heterocycles. The molecular weight excluding hydrogens is 270 g/mol. The third-order valence-electron chi connectivity index (χ3n) is 5.35. The lowest BCUT2D eigenvalue weighted by Crippen LogP contribution is -2.44. The van der Waals surface area contributed by atoms with E-state index in [0.29, 0.717) is 24.6 Å². The molecule has 3 N–H and O–H groups in total. The molecule has 1 aliphatic carbocycles. The number of likely N-dealkylation sites (tertiary alicyclic amines) is 1. The van der Waals surface area contributed by atoms with Crippen molar-refractivity contribution >= 4 is 5.91 Å². The van der Waals surface area contributed by atoms with Crippen molar-refractivity contribution in [1.29, 1.82) is 0 Å². The monoisotopic (exact) mass is 293 g/mol. The SMILES string of the molecule is CC[C@]1(O)CCC[C@H]2CN(C(=O)Cc3c[nH][nH]c3=O)C[C@H]21. The number of fused-ring (bicyclic) bond motifs is 1. The average Bonchev–Trinajstić information content (AvgIpc) is 3.07. The van der Waals surface area contributed by atoms with Gasteiger partial charge >= 0.3 is 0 Å². The van der Waals surface area contributed by atoms with Crippen LogP contribution in [0.15, 0.2) is 11.0 Å². The number of carbonyl (C=O) groups excluding carboxylic acids is 1. The Balaban J connectivity index is 1.70. The van der Waals surface area contributed by atoms with Crippen LogP contribution < -0.4 is 5.56 Å². The number of H-pyrrole nitrogens is 2. The van der Waals surface area contributed by atoms with Crippen LogP contribution >= 0.6 is 0 Å². The summed E-state index contributed by atoms with van der Waals surface area (Å²) >= 11 is 0. The maximum absolute atomic E-state index is 12.4. The van der Waals surface area contributed by atoms with Crippen molar-refractivity contribution in [1.82, 2.24) is 15.1 Å². The molecule has 0 aromatic carbocycles. The lowest BCUT2D eigenvalue weighted by atomic mass is 9.69. The molecule has 1 aromatic rings. The van der Waals surface area contributed by atoms with E-state index in [4.69, 9.17) is 0 Å².